The lowest BCUT2D eigenvalue weighted by molar-refractivity contribution is -0.154. The zero-order valence-electron chi connectivity index (χ0n) is 15.0. The van der Waals surface area contributed by atoms with Crippen LogP contribution in [0.2, 0.25) is 0 Å². The molecule has 1 atom stereocenters. The third-order valence-corrected chi connectivity index (χ3v) is 3.59. The Morgan fingerprint density at radius 2 is 1.80 bits per heavy atom. The van der Waals surface area contributed by atoms with Crippen molar-refractivity contribution < 1.29 is 28.9 Å². The fourth-order valence-corrected chi connectivity index (χ4v) is 1.91. The number of rotatable bonds is 10. The van der Waals surface area contributed by atoms with Crippen molar-refractivity contribution in [3.05, 3.63) is 29.8 Å². The molecule has 0 spiro atoms. The maximum atomic E-state index is 11.6. The van der Waals surface area contributed by atoms with Crippen LogP contribution in [0.1, 0.15) is 32.3 Å². The Morgan fingerprint density at radius 3 is 2.24 bits per heavy atom. The summed E-state index contributed by atoms with van der Waals surface area (Å²) in [6.45, 7) is 4.43. The van der Waals surface area contributed by atoms with E-state index in [0.29, 0.717) is 19.6 Å². The van der Waals surface area contributed by atoms with Crippen LogP contribution in [0, 0.1) is 0 Å². The van der Waals surface area contributed by atoms with Crippen molar-refractivity contribution in [3.8, 4) is 5.75 Å². The lowest BCUT2D eigenvalue weighted by Crippen LogP contribution is -2.27. The number of carbonyl (C=O) groups excluding carboxylic acids is 1. The van der Waals surface area contributed by atoms with Crippen molar-refractivity contribution in [1.82, 2.24) is 0 Å². The minimum atomic E-state index is -0.745. The number of aliphatic carboxylic acids is 1. The normalized spacial score (nSPS) is 11.0. The molecule has 1 aromatic carbocycles. The SMILES string of the molecule is CCC(=O)O.CCOC(=O)[C@H](Cc1ccc(OCCCBr)cc1)OC. The Kier molecular flexibility index (Phi) is 13.8. The molecule has 0 saturated carbocycles. The van der Waals surface area contributed by atoms with Crippen molar-refractivity contribution >= 4 is 27.9 Å². The van der Waals surface area contributed by atoms with Gasteiger partial charge in [-0.3, -0.25) is 4.79 Å². The van der Waals surface area contributed by atoms with Gasteiger partial charge in [-0.05, 0) is 31.0 Å². The maximum absolute atomic E-state index is 11.6. The molecule has 6 nitrogen and oxygen atoms in total. The molecular weight excluding hydrogens is 392 g/mol. The quantitative estimate of drug-likeness (QED) is 0.356. The molecule has 1 N–H and O–H groups in total. The first-order valence-corrected chi connectivity index (χ1v) is 9.29. The number of carbonyl (C=O) groups is 2. The minimum absolute atomic E-state index is 0.222. The number of benzene rings is 1. The summed E-state index contributed by atoms with van der Waals surface area (Å²) in [4.78, 5) is 21.0. The van der Waals surface area contributed by atoms with Gasteiger partial charge < -0.3 is 19.3 Å². The number of alkyl halides is 1. The van der Waals surface area contributed by atoms with Crippen LogP contribution < -0.4 is 4.74 Å². The van der Waals surface area contributed by atoms with E-state index >= 15 is 0 Å². The van der Waals surface area contributed by atoms with E-state index in [0.717, 1.165) is 23.1 Å². The van der Waals surface area contributed by atoms with Gasteiger partial charge in [0.1, 0.15) is 5.75 Å². The second-order valence-corrected chi connectivity index (χ2v) is 5.76. The molecule has 0 fully saturated rings. The van der Waals surface area contributed by atoms with Crippen molar-refractivity contribution in [2.24, 2.45) is 0 Å². The van der Waals surface area contributed by atoms with E-state index < -0.39 is 12.1 Å². The molecule has 25 heavy (non-hydrogen) atoms. The monoisotopic (exact) mass is 418 g/mol. The molecule has 0 bridgehead atoms. The Bertz CT molecular complexity index is 489. The van der Waals surface area contributed by atoms with Gasteiger partial charge >= 0.3 is 11.9 Å². The van der Waals surface area contributed by atoms with Gasteiger partial charge in [-0.1, -0.05) is 35.0 Å². The van der Waals surface area contributed by atoms with E-state index in [1.54, 1.807) is 13.8 Å². The summed E-state index contributed by atoms with van der Waals surface area (Å²) in [6.07, 6.45) is 1.13. The maximum Gasteiger partial charge on any atom is 0.335 e. The number of hydrogen-bond donors (Lipinski definition) is 1. The summed E-state index contributed by atoms with van der Waals surface area (Å²) in [5, 5.41) is 8.65. The first-order valence-electron chi connectivity index (χ1n) is 8.17. The molecule has 1 rings (SSSR count). The molecule has 0 unspecified atom stereocenters. The summed E-state index contributed by atoms with van der Waals surface area (Å²) in [5.74, 6) is -0.238. The van der Waals surface area contributed by atoms with Gasteiger partial charge in [0.15, 0.2) is 6.10 Å². The molecule has 0 heterocycles. The average Bonchev–Trinajstić information content (AvgIpc) is 2.61. The van der Waals surface area contributed by atoms with E-state index in [1.807, 2.05) is 24.3 Å². The highest BCUT2D eigenvalue weighted by Gasteiger charge is 2.19. The third kappa shape index (κ3) is 11.6. The van der Waals surface area contributed by atoms with Crippen LogP contribution in [0.4, 0.5) is 0 Å². The Balaban J connectivity index is 0.00000101. The molecular formula is C18H27BrO6. The molecule has 0 aliphatic heterocycles. The molecule has 0 aliphatic carbocycles. The number of methoxy groups -OCH3 is 1. The minimum Gasteiger partial charge on any atom is -0.494 e. The molecule has 1 aromatic rings. The van der Waals surface area contributed by atoms with Gasteiger partial charge in [0.25, 0.3) is 0 Å². The highest BCUT2D eigenvalue weighted by molar-refractivity contribution is 9.09. The van der Waals surface area contributed by atoms with Crippen LogP contribution in [-0.2, 0) is 25.5 Å². The van der Waals surface area contributed by atoms with Crippen molar-refractivity contribution in [1.29, 1.82) is 0 Å². The van der Waals surface area contributed by atoms with Crippen LogP contribution in [0.5, 0.6) is 5.75 Å². The molecule has 0 amide bonds. The van der Waals surface area contributed by atoms with Gasteiger partial charge in [-0.25, -0.2) is 4.79 Å². The van der Waals surface area contributed by atoms with Crippen LogP contribution in [-0.4, -0.2) is 48.8 Å². The lowest BCUT2D eigenvalue weighted by atomic mass is 10.1. The summed E-state index contributed by atoms with van der Waals surface area (Å²) in [6, 6.07) is 7.69. The number of esters is 1. The Morgan fingerprint density at radius 1 is 1.20 bits per heavy atom. The average molecular weight is 419 g/mol. The van der Waals surface area contributed by atoms with Gasteiger partial charge in [0.2, 0.25) is 0 Å². The van der Waals surface area contributed by atoms with Crippen molar-refractivity contribution in [3.63, 3.8) is 0 Å². The fourth-order valence-electron chi connectivity index (χ4n) is 1.68. The van der Waals surface area contributed by atoms with E-state index in [4.69, 9.17) is 19.3 Å². The first-order chi connectivity index (χ1) is 12.0. The predicted octanol–water partition coefficient (Wildman–Crippen LogP) is 3.45. The highest BCUT2D eigenvalue weighted by Crippen LogP contribution is 2.15. The van der Waals surface area contributed by atoms with E-state index in [9.17, 15) is 9.59 Å². The topological polar surface area (TPSA) is 82.1 Å². The van der Waals surface area contributed by atoms with E-state index in [-0.39, 0.29) is 12.4 Å². The zero-order valence-corrected chi connectivity index (χ0v) is 16.6. The van der Waals surface area contributed by atoms with Crippen molar-refractivity contribution in [2.45, 2.75) is 39.2 Å². The van der Waals surface area contributed by atoms with Crippen LogP contribution in [0.15, 0.2) is 24.3 Å². The number of ether oxygens (including phenoxy) is 3. The second kappa shape index (κ2) is 14.7. The summed E-state index contributed by atoms with van der Waals surface area (Å²) >= 11 is 3.36. The van der Waals surface area contributed by atoms with Crippen LogP contribution >= 0.6 is 15.9 Å². The second-order valence-electron chi connectivity index (χ2n) is 4.96. The van der Waals surface area contributed by atoms with Crippen molar-refractivity contribution in [2.75, 3.05) is 25.7 Å². The van der Waals surface area contributed by atoms with Crippen LogP contribution in [0.25, 0.3) is 0 Å². The predicted molar refractivity (Wildman–Crippen MR) is 99.4 cm³/mol. The lowest BCUT2D eigenvalue weighted by Gasteiger charge is -2.14. The molecule has 0 saturated heterocycles. The largest absolute Gasteiger partial charge is 0.494 e. The Labute approximate surface area is 157 Å². The molecule has 7 heteroatoms. The first kappa shape index (κ1) is 23.4. The van der Waals surface area contributed by atoms with Gasteiger partial charge in [-0.2, -0.15) is 0 Å². The van der Waals surface area contributed by atoms with Gasteiger partial charge in [-0.15, -0.1) is 0 Å². The third-order valence-electron chi connectivity index (χ3n) is 3.03. The number of carboxylic acid groups (broad SMARTS) is 1. The summed E-state index contributed by atoms with van der Waals surface area (Å²) in [7, 11) is 1.51. The fraction of sp³-hybridized carbons (Fsp3) is 0.556. The summed E-state index contributed by atoms with van der Waals surface area (Å²) < 4.78 is 15.7. The number of hydrogen-bond acceptors (Lipinski definition) is 5. The highest BCUT2D eigenvalue weighted by atomic mass is 79.9. The molecule has 142 valence electrons. The molecule has 0 aliphatic rings. The standard InChI is InChI=1S/C15H21BrO4.C3H6O2/c1-3-19-15(17)14(18-2)11-12-5-7-13(8-6-12)20-10-4-9-16;1-2-3(4)5/h5-8,14H,3-4,9-11H2,1-2H3;2H2,1H3,(H,4,5)/t14-;/m0./s1. The number of halogens is 1. The number of carboxylic acids is 1. The smallest absolute Gasteiger partial charge is 0.335 e. The van der Waals surface area contributed by atoms with Crippen LogP contribution in [0.3, 0.4) is 0 Å². The summed E-state index contributed by atoms with van der Waals surface area (Å²) in [5.41, 5.74) is 1.01. The molecule has 0 radical (unpaired) electrons. The van der Waals surface area contributed by atoms with E-state index in [1.165, 1.54) is 7.11 Å². The zero-order chi connectivity index (χ0) is 19.1. The van der Waals surface area contributed by atoms with Gasteiger partial charge in [0.05, 0.1) is 13.2 Å². The van der Waals surface area contributed by atoms with Gasteiger partial charge in [0, 0.05) is 25.3 Å². The molecule has 0 aromatic heterocycles. The Hall–Kier alpha value is -1.60. The van der Waals surface area contributed by atoms with E-state index in [2.05, 4.69) is 15.9 Å².